The smallest absolute Gasteiger partial charge is 0.337 e. The highest BCUT2D eigenvalue weighted by molar-refractivity contribution is 7.89. The van der Waals surface area contributed by atoms with E-state index in [2.05, 4.69) is 10.1 Å². The summed E-state index contributed by atoms with van der Waals surface area (Å²) in [7, 11) is -3.77. The standard InChI is InChI=1S/C12H11ClN4O4S/c13-10-5-8(1-2-9(10)12(18)19)22(20,21)16-3-4-17-11(6-16)14-7-15-17/h1-2,5,7H,3-4,6H2,(H,18,19). The largest absolute Gasteiger partial charge is 0.478 e. The number of carboxylic acids is 1. The zero-order valence-corrected chi connectivity index (χ0v) is 12.8. The lowest BCUT2D eigenvalue weighted by Gasteiger charge is -2.26. The van der Waals surface area contributed by atoms with Crippen LogP contribution in [0.2, 0.25) is 5.02 Å². The van der Waals surface area contributed by atoms with Crippen LogP contribution in [0.25, 0.3) is 0 Å². The lowest BCUT2D eigenvalue weighted by molar-refractivity contribution is 0.0697. The van der Waals surface area contributed by atoms with E-state index in [-0.39, 0.29) is 28.6 Å². The van der Waals surface area contributed by atoms with Crippen molar-refractivity contribution in [3.63, 3.8) is 0 Å². The van der Waals surface area contributed by atoms with E-state index in [0.29, 0.717) is 12.4 Å². The molecule has 3 rings (SSSR count). The average molecular weight is 343 g/mol. The molecule has 1 aliphatic rings. The van der Waals surface area contributed by atoms with Crippen LogP contribution in [0.1, 0.15) is 16.2 Å². The number of carboxylic acid groups (broad SMARTS) is 1. The van der Waals surface area contributed by atoms with Gasteiger partial charge in [-0.1, -0.05) is 11.6 Å². The van der Waals surface area contributed by atoms with Crippen LogP contribution < -0.4 is 0 Å². The zero-order chi connectivity index (χ0) is 15.9. The highest BCUT2D eigenvalue weighted by Gasteiger charge is 2.30. The summed E-state index contributed by atoms with van der Waals surface area (Å²) >= 11 is 5.84. The number of sulfonamides is 1. The van der Waals surface area contributed by atoms with Gasteiger partial charge in [0.15, 0.2) is 0 Å². The van der Waals surface area contributed by atoms with Crippen molar-refractivity contribution in [2.75, 3.05) is 6.54 Å². The molecule has 0 amide bonds. The van der Waals surface area contributed by atoms with Crippen molar-refractivity contribution in [1.82, 2.24) is 19.1 Å². The van der Waals surface area contributed by atoms with Gasteiger partial charge in [-0.2, -0.15) is 9.40 Å². The van der Waals surface area contributed by atoms with Crippen molar-refractivity contribution in [2.24, 2.45) is 0 Å². The zero-order valence-electron chi connectivity index (χ0n) is 11.2. The van der Waals surface area contributed by atoms with Gasteiger partial charge in [0.05, 0.1) is 28.6 Å². The fraction of sp³-hybridized carbons (Fsp3) is 0.250. The van der Waals surface area contributed by atoms with Crippen LogP contribution in [0.3, 0.4) is 0 Å². The Morgan fingerprint density at radius 1 is 1.32 bits per heavy atom. The SMILES string of the molecule is O=C(O)c1ccc(S(=O)(=O)N2CCn3ncnc3C2)cc1Cl. The van der Waals surface area contributed by atoms with E-state index < -0.39 is 16.0 Å². The summed E-state index contributed by atoms with van der Waals surface area (Å²) in [6, 6.07) is 3.58. The Kier molecular flexibility index (Phi) is 3.63. The Balaban J connectivity index is 1.94. The molecule has 0 spiro atoms. The van der Waals surface area contributed by atoms with Crippen LogP contribution in [-0.4, -0.2) is 45.1 Å². The second-order valence-electron chi connectivity index (χ2n) is 4.68. The molecule has 1 aromatic heterocycles. The van der Waals surface area contributed by atoms with Gasteiger partial charge in [-0.15, -0.1) is 0 Å². The molecule has 1 N–H and O–H groups in total. The summed E-state index contributed by atoms with van der Waals surface area (Å²) in [4.78, 5) is 14.9. The lowest BCUT2D eigenvalue weighted by Crippen LogP contribution is -2.38. The molecule has 1 aliphatic heterocycles. The molecule has 8 nitrogen and oxygen atoms in total. The third kappa shape index (κ3) is 2.47. The van der Waals surface area contributed by atoms with E-state index in [9.17, 15) is 13.2 Å². The number of benzene rings is 1. The number of aromatic nitrogens is 3. The first-order valence-electron chi connectivity index (χ1n) is 6.29. The molecule has 0 radical (unpaired) electrons. The van der Waals surface area contributed by atoms with Gasteiger partial charge in [-0.3, -0.25) is 0 Å². The predicted molar refractivity (Wildman–Crippen MR) is 76.0 cm³/mol. The van der Waals surface area contributed by atoms with Crippen LogP contribution in [0.15, 0.2) is 29.4 Å². The Morgan fingerprint density at radius 2 is 2.09 bits per heavy atom. The van der Waals surface area contributed by atoms with Crippen LogP contribution in [-0.2, 0) is 23.1 Å². The van der Waals surface area contributed by atoms with E-state index in [0.717, 1.165) is 6.07 Å². The Bertz CT molecular complexity index is 849. The van der Waals surface area contributed by atoms with Crippen molar-refractivity contribution in [2.45, 2.75) is 18.0 Å². The van der Waals surface area contributed by atoms with Crippen LogP contribution in [0.4, 0.5) is 0 Å². The summed E-state index contributed by atoms with van der Waals surface area (Å²) in [5, 5.41) is 12.8. The molecule has 0 saturated heterocycles. The minimum Gasteiger partial charge on any atom is -0.478 e. The summed E-state index contributed by atoms with van der Waals surface area (Å²) < 4.78 is 28.1. The first kappa shape index (κ1) is 14.9. The second-order valence-corrected chi connectivity index (χ2v) is 7.03. The molecule has 0 aliphatic carbocycles. The quantitative estimate of drug-likeness (QED) is 0.885. The first-order chi connectivity index (χ1) is 10.4. The Labute approximate surface area is 131 Å². The molecule has 0 atom stereocenters. The summed E-state index contributed by atoms with van der Waals surface area (Å²) in [5.41, 5.74) is -0.140. The van der Waals surface area contributed by atoms with Crippen molar-refractivity contribution in [3.8, 4) is 0 Å². The molecule has 22 heavy (non-hydrogen) atoms. The molecule has 1 aromatic carbocycles. The molecule has 2 aromatic rings. The van der Waals surface area contributed by atoms with E-state index in [1.807, 2.05) is 0 Å². The van der Waals surface area contributed by atoms with Crippen molar-refractivity contribution >= 4 is 27.6 Å². The number of rotatable bonds is 3. The number of carbonyl (C=O) groups is 1. The normalized spacial score (nSPS) is 15.5. The highest BCUT2D eigenvalue weighted by atomic mass is 35.5. The number of hydrogen-bond acceptors (Lipinski definition) is 5. The number of halogens is 1. The van der Waals surface area contributed by atoms with Gasteiger partial charge >= 0.3 is 5.97 Å². The molecule has 2 heterocycles. The highest BCUT2D eigenvalue weighted by Crippen LogP contribution is 2.25. The van der Waals surface area contributed by atoms with Gasteiger partial charge in [0.1, 0.15) is 12.2 Å². The maximum Gasteiger partial charge on any atom is 0.337 e. The molecule has 0 fully saturated rings. The second kappa shape index (κ2) is 5.34. The van der Waals surface area contributed by atoms with Crippen LogP contribution >= 0.6 is 11.6 Å². The van der Waals surface area contributed by atoms with Crippen molar-refractivity contribution < 1.29 is 18.3 Å². The maximum atomic E-state index is 12.6. The molecular formula is C12H11ClN4O4S. The molecule has 0 saturated carbocycles. The first-order valence-corrected chi connectivity index (χ1v) is 8.11. The van der Waals surface area contributed by atoms with Gasteiger partial charge in [0, 0.05) is 6.54 Å². The van der Waals surface area contributed by atoms with Crippen LogP contribution in [0.5, 0.6) is 0 Å². The van der Waals surface area contributed by atoms with E-state index in [1.54, 1.807) is 4.68 Å². The fourth-order valence-electron chi connectivity index (χ4n) is 2.22. The number of aromatic carboxylic acids is 1. The van der Waals surface area contributed by atoms with Gasteiger partial charge in [-0.25, -0.2) is 22.9 Å². The molecular weight excluding hydrogens is 332 g/mol. The minimum absolute atomic E-state index is 0.0459. The molecule has 116 valence electrons. The van der Waals surface area contributed by atoms with Gasteiger partial charge in [-0.05, 0) is 18.2 Å². The topological polar surface area (TPSA) is 105 Å². The van der Waals surface area contributed by atoms with Gasteiger partial charge < -0.3 is 5.11 Å². The van der Waals surface area contributed by atoms with Crippen LogP contribution in [0, 0.1) is 0 Å². The maximum absolute atomic E-state index is 12.6. The van der Waals surface area contributed by atoms with E-state index in [1.165, 1.54) is 22.8 Å². The van der Waals surface area contributed by atoms with E-state index >= 15 is 0 Å². The third-order valence-corrected chi connectivity index (χ3v) is 5.54. The fourth-order valence-corrected chi connectivity index (χ4v) is 3.96. The molecule has 10 heteroatoms. The average Bonchev–Trinajstić information content (AvgIpc) is 2.94. The third-order valence-electron chi connectivity index (χ3n) is 3.38. The molecule has 0 unspecified atom stereocenters. The predicted octanol–water partition coefficient (Wildman–Crippen LogP) is 0.834. The van der Waals surface area contributed by atoms with Crippen molar-refractivity contribution in [3.05, 3.63) is 40.9 Å². The Hall–Kier alpha value is -1.97. The number of hydrogen-bond donors (Lipinski definition) is 1. The monoisotopic (exact) mass is 342 g/mol. The van der Waals surface area contributed by atoms with Gasteiger partial charge in [0.2, 0.25) is 10.0 Å². The lowest BCUT2D eigenvalue weighted by atomic mass is 10.2. The minimum atomic E-state index is -3.77. The van der Waals surface area contributed by atoms with Crippen molar-refractivity contribution in [1.29, 1.82) is 0 Å². The Morgan fingerprint density at radius 3 is 2.77 bits per heavy atom. The number of nitrogens with zero attached hydrogens (tertiary/aromatic N) is 4. The van der Waals surface area contributed by atoms with E-state index in [4.69, 9.17) is 16.7 Å². The number of fused-ring (bicyclic) bond motifs is 1. The van der Waals surface area contributed by atoms with Gasteiger partial charge in [0.25, 0.3) is 0 Å². The molecule has 0 bridgehead atoms. The summed E-state index contributed by atoms with van der Waals surface area (Å²) in [6.07, 6.45) is 1.38. The summed E-state index contributed by atoms with van der Waals surface area (Å²) in [5.74, 6) is -0.650. The summed E-state index contributed by atoms with van der Waals surface area (Å²) in [6.45, 7) is 0.785.